The van der Waals surface area contributed by atoms with Crippen LogP contribution in [-0.2, 0) is 4.79 Å². The number of benzene rings is 1. The fourth-order valence-electron chi connectivity index (χ4n) is 1.22. The van der Waals surface area contributed by atoms with Crippen LogP contribution in [0.4, 0.5) is 0 Å². The Kier molecular flexibility index (Phi) is 4.16. The SMILES string of the molecule is CNC(=O)CSc1nnnn1-c1ccc(Cl)cc1. The summed E-state index contributed by atoms with van der Waals surface area (Å²) in [4.78, 5) is 11.2. The highest BCUT2D eigenvalue weighted by molar-refractivity contribution is 7.99. The second-order valence-corrected chi connectivity index (χ2v) is 4.69. The van der Waals surface area contributed by atoms with Gasteiger partial charge in [0.2, 0.25) is 11.1 Å². The van der Waals surface area contributed by atoms with Gasteiger partial charge in [-0.15, -0.1) is 5.10 Å². The molecule has 0 aliphatic rings. The monoisotopic (exact) mass is 283 g/mol. The van der Waals surface area contributed by atoms with Crippen LogP contribution < -0.4 is 5.32 Å². The van der Waals surface area contributed by atoms with Crippen molar-refractivity contribution in [3.05, 3.63) is 29.3 Å². The average molecular weight is 284 g/mol. The van der Waals surface area contributed by atoms with Gasteiger partial charge in [-0.05, 0) is 34.7 Å². The Morgan fingerprint density at radius 2 is 2.17 bits per heavy atom. The quantitative estimate of drug-likeness (QED) is 0.852. The molecule has 1 heterocycles. The van der Waals surface area contributed by atoms with Gasteiger partial charge in [0.25, 0.3) is 0 Å². The molecule has 1 aromatic carbocycles. The molecule has 0 radical (unpaired) electrons. The molecule has 6 nitrogen and oxygen atoms in total. The largest absolute Gasteiger partial charge is 0.358 e. The lowest BCUT2D eigenvalue weighted by Gasteiger charge is -2.03. The number of hydrogen-bond acceptors (Lipinski definition) is 5. The zero-order valence-corrected chi connectivity index (χ0v) is 11.1. The number of nitrogens with zero attached hydrogens (tertiary/aromatic N) is 4. The maximum atomic E-state index is 11.2. The Balaban J connectivity index is 2.17. The lowest BCUT2D eigenvalue weighted by Crippen LogP contribution is -2.20. The summed E-state index contributed by atoms with van der Waals surface area (Å²) in [7, 11) is 1.59. The van der Waals surface area contributed by atoms with E-state index in [4.69, 9.17) is 11.6 Å². The summed E-state index contributed by atoms with van der Waals surface area (Å²) >= 11 is 7.08. The van der Waals surface area contributed by atoms with Crippen LogP contribution >= 0.6 is 23.4 Å². The molecule has 94 valence electrons. The van der Waals surface area contributed by atoms with Crippen LogP contribution in [0.25, 0.3) is 5.69 Å². The van der Waals surface area contributed by atoms with Crippen LogP contribution in [0, 0.1) is 0 Å². The number of aromatic nitrogens is 4. The summed E-state index contributed by atoms with van der Waals surface area (Å²) in [6, 6.07) is 7.13. The van der Waals surface area contributed by atoms with E-state index in [-0.39, 0.29) is 11.7 Å². The number of carbonyl (C=O) groups excluding carboxylic acids is 1. The topological polar surface area (TPSA) is 72.7 Å². The minimum Gasteiger partial charge on any atom is -0.358 e. The molecule has 0 unspecified atom stereocenters. The third-order valence-corrected chi connectivity index (χ3v) is 3.29. The standard InChI is InChI=1S/C10H10ClN5OS/c1-12-9(17)6-18-10-13-14-15-16(10)8-4-2-7(11)3-5-8/h2-5H,6H2,1H3,(H,12,17). The third-order valence-electron chi connectivity index (χ3n) is 2.12. The second-order valence-electron chi connectivity index (χ2n) is 3.31. The molecule has 0 atom stereocenters. The molecule has 0 bridgehead atoms. The van der Waals surface area contributed by atoms with Crippen molar-refractivity contribution in [2.45, 2.75) is 5.16 Å². The van der Waals surface area contributed by atoms with Crippen LogP contribution in [0.15, 0.2) is 29.4 Å². The van der Waals surface area contributed by atoms with Gasteiger partial charge < -0.3 is 5.32 Å². The van der Waals surface area contributed by atoms with E-state index in [1.807, 2.05) is 12.1 Å². The number of nitrogens with one attached hydrogen (secondary N) is 1. The Labute approximate surface area is 113 Å². The zero-order chi connectivity index (χ0) is 13.0. The van der Waals surface area contributed by atoms with E-state index in [0.717, 1.165) is 5.69 Å². The van der Waals surface area contributed by atoms with Crippen molar-refractivity contribution in [2.24, 2.45) is 0 Å². The molecule has 0 aliphatic heterocycles. The van der Waals surface area contributed by atoms with E-state index in [1.165, 1.54) is 11.8 Å². The van der Waals surface area contributed by atoms with Crippen LogP contribution in [0.5, 0.6) is 0 Å². The molecule has 0 aliphatic carbocycles. The van der Waals surface area contributed by atoms with Crippen LogP contribution in [0.2, 0.25) is 5.02 Å². The Morgan fingerprint density at radius 3 is 2.83 bits per heavy atom. The molecule has 2 rings (SSSR count). The zero-order valence-electron chi connectivity index (χ0n) is 9.50. The maximum Gasteiger partial charge on any atom is 0.230 e. The summed E-state index contributed by atoms with van der Waals surface area (Å²) in [6.07, 6.45) is 0. The van der Waals surface area contributed by atoms with Gasteiger partial charge in [0, 0.05) is 12.1 Å². The fourth-order valence-corrected chi connectivity index (χ4v) is 2.10. The number of halogens is 1. The van der Waals surface area contributed by atoms with Crippen molar-refractivity contribution in [1.82, 2.24) is 25.5 Å². The van der Waals surface area contributed by atoms with Gasteiger partial charge in [-0.25, -0.2) is 0 Å². The first kappa shape index (κ1) is 12.8. The van der Waals surface area contributed by atoms with Crippen molar-refractivity contribution < 1.29 is 4.79 Å². The first-order valence-corrected chi connectivity index (χ1v) is 6.45. The van der Waals surface area contributed by atoms with Gasteiger partial charge in [-0.3, -0.25) is 4.79 Å². The van der Waals surface area contributed by atoms with Crippen LogP contribution in [-0.4, -0.2) is 38.9 Å². The van der Waals surface area contributed by atoms with E-state index in [1.54, 1.807) is 23.9 Å². The van der Waals surface area contributed by atoms with E-state index < -0.39 is 0 Å². The minimum atomic E-state index is -0.0781. The molecule has 0 spiro atoms. The normalized spacial score (nSPS) is 10.3. The van der Waals surface area contributed by atoms with Crippen molar-refractivity contribution in [3.63, 3.8) is 0 Å². The molecule has 0 saturated carbocycles. The highest BCUT2D eigenvalue weighted by atomic mass is 35.5. The molecule has 1 amide bonds. The van der Waals surface area contributed by atoms with Crippen LogP contribution in [0.3, 0.4) is 0 Å². The lowest BCUT2D eigenvalue weighted by molar-refractivity contribution is -0.118. The van der Waals surface area contributed by atoms with Gasteiger partial charge >= 0.3 is 0 Å². The number of thioether (sulfide) groups is 1. The van der Waals surface area contributed by atoms with Gasteiger partial charge in [0.15, 0.2) is 0 Å². The first-order chi connectivity index (χ1) is 8.70. The average Bonchev–Trinajstić information content (AvgIpc) is 2.85. The number of hydrogen-bond donors (Lipinski definition) is 1. The molecule has 2 aromatic rings. The second kappa shape index (κ2) is 5.83. The fraction of sp³-hybridized carbons (Fsp3) is 0.200. The number of carbonyl (C=O) groups is 1. The molecule has 1 aromatic heterocycles. The van der Waals surface area contributed by atoms with E-state index in [9.17, 15) is 4.79 Å². The predicted molar refractivity (Wildman–Crippen MR) is 69.0 cm³/mol. The van der Waals surface area contributed by atoms with E-state index in [0.29, 0.717) is 10.2 Å². The van der Waals surface area contributed by atoms with Crippen molar-refractivity contribution in [1.29, 1.82) is 0 Å². The van der Waals surface area contributed by atoms with Crippen molar-refractivity contribution in [3.8, 4) is 5.69 Å². The van der Waals surface area contributed by atoms with Crippen molar-refractivity contribution >= 4 is 29.3 Å². The molecule has 18 heavy (non-hydrogen) atoms. The van der Waals surface area contributed by atoms with E-state index >= 15 is 0 Å². The highest BCUT2D eigenvalue weighted by Gasteiger charge is 2.10. The summed E-state index contributed by atoms with van der Waals surface area (Å²) < 4.78 is 1.56. The minimum absolute atomic E-state index is 0.0781. The lowest BCUT2D eigenvalue weighted by atomic mass is 10.3. The Morgan fingerprint density at radius 1 is 1.44 bits per heavy atom. The number of tetrazole rings is 1. The third kappa shape index (κ3) is 2.99. The highest BCUT2D eigenvalue weighted by Crippen LogP contribution is 2.19. The van der Waals surface area contributed by atoms with Gasteiger partial charge in [-0.2, -0.15) is 4.68 Å². The molecular formula is C10H10ClN5OS. The molecule has 0 fully saturated rings. The van der Waals surface area contributed by atoms with Gasteiger partial charge in [0.1, 0.15) is 0 Å². The smallest absolute Gasteiger partial charge is 0.230 e. The Bertz CT molecular complexity index is 541. The maximum absolute atomic E-state index is 11.2. The first-order valence-electron chi connectivity index (χ1n) is 5.08. The Hall–Kier alpha value is -1.60. The number of amides is 1. The van der Waals surface area contributed by atoms with Gasteiger partial charge in [0.05, 0.1) is 11.4 Å². The van der Waals surface area contributed by atoms with Crippen molar-refractivity contribution in [2.75, 3.05) is 12.8 Å². The molecule has 8 heteroatoms. The summed E-state index contributed by atoms with van der Waals surface area (Å²) in [5.41, 5.74) is 0.795. The number of rotatable bonds is 4. The summed E-state index contributed by atoms with van der Waals surface area (Å²) in [5, 5.41) is 15.1. The molecule has 0 saturated heterocycles. The summed E-state index contributed by atoms with van der Waals surface area (Å²) in [5.74, 6) is 0.190. The predicted octanol–water partition coefficient (Wildman–Crippen LogP) is 1.15. The van der Waals surface area contributed by atoms with Gasteiger partial charge in [-0.1, -0.05) is 23.4 Å². The van der Waals surface area contributed by atoms with Crippen LogP contribution in [0.1, 0.15) is 0 Å². The summed E-state index contributed by atoms with van der Waals surface area (Å²) in [6.45, 7) is 0. The molecule has 1 N–H and O–H groups in total. The van der Waals surface area contributed by atoms with E-state index in [2.05, 4.69) is 20.8 Å². The molecular weight excluding hydrogens is 274 g/mol.